The van der Waals surface area contributed by atoms with E-state index >= 15 is 0 Å². The maximum Gasteiger partial charge on any atom is 0.272 e. The third-order valence-electron chi connectivity index (χ3n) is 2.35. The summed E-state index contributed by atoms with van der Waals surface area (Å²) in [5, 5.41) is 10.8. The van der Waals surface area contributed by atoms with Gasteiger partial charge in [0.1, 0.15) is 0 Å². The maximum absolute atomic E-state index is 10.8. The lowest BCUT2D eigenvalue weighted by Crippen LogP contribution is -1.97. The Balaban J connectivity index is 3.21. The quantitative estimate of drug-likeness (QED) is 0.546. The van der Waals surface area contributed by atoms with Gasteiger partial charge in [-0.05, 0) is 17.9 Å². The second kappa shape index (κ2) is 4.22. The van der Waals surface area contributed by atoms with E-state index in [4.69, 9.17) is 0 Å². The molecule has 0 aliphatic rings. The van der Waals surface area contributed by atoms with Crippen LogP contribution >= 0.6 is 0 Å². The summed E-state index contributed by atoms with van der Waals surface area (Å²) in [6.07, 6.45) is 0.703. The molecule has 14 heavy (non-hydrogen) atoms. The fraction of sp³-hybridized carbons (Fsp3) is 0.455. The van der Waals surface area contributed by atoms with Crippen molar-refractivity contribution in [1.29, 1.82) is 0 Å². The van der Waals surface area contributed by atoms with E-state index in [2.05, 4.69) is 0 Å². The number of hydrogen-bond acceptors (Lipinski definition) is 2. The molecule has 3 nitrogen and oxygen atoms in total. The Morgan fingerprint density at radius 3 is 2.50 bits per heavy atom. The minimum Gasteiger partial charge on any atom is -0.258 e. The summed E-state index contributed by atoms with van der Waals surface area (Å²) in [7, 11) is 0. The minimum absolute atomic E-state index is 0.249. The molecule has 0 radical (unpaired) electrons. The Morgan fingerprint density at radius 1 is 1.43 bits per heavy atom. The molecule has 0 heterocycles. The molecule has 1 aromatic rings. The molecule has 0 atom stereocenters. The number of nitro benzene ring substituents is 1. The monoisotopic (exact) mass is 193 g/mol. The zero-order valence-corrected chi connectivity index (χ0v) is 8.78. The van der Waals surface area contributed by atoms with E-state index in [1.54, 1.807) is 6.07 Å². The predicted octanol–water partition coefficient (Wildman–Crippen LogP) is 3.28. The van der Waals surface area contributed by atoms with Gasteiger partial charge in [-0.3, -0.25) is 10.1 Å². The van der Waals surface area contributed by atoms with Gasteiger partial charge in [-0.1, -0.05) is 32.9 Å². The third kappa shape index (κ3) is 2.10. The van der Waals surface area contributed by atoms with Crippen molar-refractivity contribution in [2.45, 2.75) is 33.1 Å². The van der Waals surface area contributed by atoms with Crippen molar-refractivity contribution >= 4 is 5.69 Å². The van der Waals surface area contributed by atoms with Crippen LogP contribution in [0.4, 0.5) is 5.69 Å². The molecule has 0 fully saturated rings. The van der Waals surface area contributed by atoms with Crippen LogP contribution in [0.15, 0.2) is 18.2 Å². The molecule has 0 N–H and O–H groups in total. The molecular weight excluding hydrogens is 178 g/mol. The van der Waals surface area contributed by atoms with Gasteiger partial charge in [0.2, 0.25) is 0 Å². The Morgan fingerprint density at radius 2 is 2.07 bits per heavy atom. The average Bonchev–Trinajstić information content (AvgIpc) is 2.16. The number of rotatable bonds is 3. The highest BCUT2D eigenvalue weighted by Crippen LogP contribution is 2.24. The van der Waals surface area contributed by atoms with Crippen LogP contribution in [0.1, 0.15) is 37.8 Å². The van der Waals surface area contributed by atoms with Crippen LogP contribution in [0.25, 0.3) is 0 Å². The number of benzene rings is 1. The van der Waals surface area contributed by atoms with Crippen molar-refractivity contribution < 1.29 is 4.92 Å². The van der Waals surface area contributed by atoms with E-state index in [0.717, 1.165) is 11.1 Å². The molecule has 0 saturated heterocycles. The fourth-order valence-electron chi connectivity index (χ4n) is 1.41. The van der Waals surface area contributed by atoms with Crippen LogP contribution in [0.3, 0.4) is 0 Å². The molecule has 0 unspecified atom stereocenters. The number of nitro groups is 1. The molecule has 3 heteroatoms. The van der Waals surface area contributed by atoms with Crippen molar-refractivity contribution in [3.8, 4) is 0 Å². The molecule has 0 aromatic heterocycles. The van der Waals surface area contributed by atoms with E-state index in [9.17, 15) is 10.1 Å². The molecule has 0 saturated carbocycles. The summed E-state index contributed by atoms with van der Waals surface area (Å²) in [6.45, 7) is 5.99. The lowest BCUT2D eigenvalue weighted by Gasteiger charge is -2.06. The summed E-state index contributed by atoms with van der Waals surface area (Å²) < 4.78 is 0. The first-order valence-electron chi connectivity index (χ1n) is 4.83. The van der Waals surface area contributed by atoms with Crippen LogP contribution in [0.2, 0.25) is 0 Å². The zero-order valence-electron chi connectivity index (χ0n) is 8.78. The smallest absolute Gasteiger partial charge is 0.258 e. The van der Waals surface area contributed by atoms with Gasteiger partial charge < -0.3 is 0 Å². The van der Waals surface area contributed by atoms with E-state index in [0.29, 0.717) is 12.3 Å². The van der Waals surface area contributed by atoms with Gasteiger partial charge in [0, 0.05) is 11.6 Å². The van der Waals surface area contributed by atoms with E-state index in [-0.39, 0.29) is 10.6 Å². The number of hydrogen-bond donors (Lipinski definition) is 0. The molecular formula is C11H15NO2. The standard InChI is InChI=1S/C11H15NO2/c1-4-9-5-6-10(8(2)3)7-11(9)12(13)14/h5-8H,4H2,1-3H3. The molecule has 76 valence electrons. The number of aryl methyl sites for hydroxylation is 1. The van der Waals surface area contributed by atoms with Gasteiger partial charge in [-0.25, -0.2) is 0 Å². The molecule has 0 aliphatic heterocycles. The summed E-state index contributed by atoms with van der Waals surface area (Å²) in [5.74, 6) is 0.333. The summed E-state index contributed by atoms with van der Waals surface area (Å²) in [6, 6.07) is 5.51. The van der Waals surface area contributed by atoms with Crippen LogP contribution in [-0.2, 0) is 6.42 Å². The normalized spacial score (nSPS) is 10.6. The Kier molecular flexibility index (Phi) is 3.23. The maximum atomic E-state index is 10.8. The Labute approximate surface area is 83.9 Å². The molecule has 0 spiro atoms. The van der Waals surface area contributed by atoms with Gasteiger partial charge >= 0.3 is 0 Å². The Bertz CT molecular complexity index is 345. The van der Waals surface area contributed by atoms with Crippen molar-refractivity contribution in [2.24, 2.45) is 0 Å². The van der Waals surface area contributed by atoms with Crippen LogP contribution in [-0.4, -0.2) is 4.92 Å². The van der Waals surface area contributed by atoms with Crippen LogP contribution in [0.5, 0.6) is 0 Å². The van der Waals surface area contributed by atoms with Crippen molar-refractivity contribution in [3.05, 3.63) is 39.4 Å². The molecule has 0 bridgehead atoms. The van der Waals surface area contributed by atoms with Crippen molar-refractivity contribution in [1.82, 2.24) is 0 Å². The fourth-order valence-corrected chi connectivity index (χ4v) is 1.41. The van der Waals surface area contributed by atoms with E-state index in [1.807, 2.05) is 32.9 Å². The molecule has 0 aliphatic carbocycles. The number of nitrogens with zero attached hydrogens (tertiary/aromatic N) is 1. The van der Waals surface area contributed by atoms with Crippen LogP contribution < -0.4 is 0 Å². The summed E-state index contributed by atoms with van der Waals surface area (Å²) in [4.78, 5) is 10.5. The zero-order chi connectivity index (χ0) is 10.7. The molecule has 1 aromatic carbocycles. The Hall–Kier alpha value is -1.38. The lowest BCUT2D eigenvalue weighted by atomic mass is 9.99. The average molecular weight is 193 g/mol. The van der Waals surface area contributed by atoms with Gasteiger partial charge in [0.25, 0.3) is 5.69 Å². The lowest BCUT2D eigenvalue weighted by molar-refractivity contribution is -0.385. The molecule has 0 amide bonds. The first kappa shape index (κ1) is 10.7. The van der Waals surface area contributed by atoms with Crippen LogP contribution in [0, 0.1) is 10.1 Å². The van der Waals surface area contributed by atoms with Gasteiger partial charge in [-0.15, -0.1) is 0 Å². The SMILES string of the molecule is CCc1ccc(C(C)C)cc1[N+](=O)[O-]. The highest BCUT2D eigenvalue weighted by molar-refractivity contribution is 5.44. The summed E-state index contributed by atoms with van der Waals surface area (Å²) >= 11 is 0. The van der Waals surface area contributed by atoms with Crippen molar-refractivity contribution in [2.75, 3.05) is 0 Å². The first-order valence-corrected chi connectivity index (χ1v) is 4.83. The molecule has 1 rings (SSSR count). The topological polar surface area (TPSA) is 43.1 Å². The second-order valence-corrected chi connectivity index (χ2v) is 3.65. The van der Waals surface area contributed by atoms with Gasteiger partial charge in [-0.2, -0.15) is 0 Å². The largest absolute Gasteiger partial charge is 0.272 e. The summed E-state index contributed by atoms with van der Waals surface area (Å²) in [5.41, 5.74) is 2.08. The third-order valence-corrected chi connectivity index (χ3v) is 2.35. The van der Waals surface area contributed by atoms with Gasteiger partial charge in [0.05, 0.1) is 4.92 Å². The highest BCUT2D eigenvalue weighted by atomic mass is 16.6. The second-order valence-electron chi connectivity index (χ2n) is 3.65. The van der Waals surface area contributed by atoms with Crippen molar-refractivity contribution in [3.63, 3.8) is 0 Å². The highest BCUT2D eigenvalue weighted by Gasteiger charge is 2.13. The van der Waals surface area contributed by atoms with E-state index in [1.165, 1.54) is 0 Å². The van der Waals surface area contributed by atoms with Gasteiger partial charge in [0.15, 0.2) is 0 Å². The first-order chi connectivity index (χ1) is 6.56. The predicted molar refractivity (Wildman–Crippen MR) is 56.6 cm³/mol. The minimum atomic E-state index is -0.301. The van der Waals surface area contributed by atoms with E-state index < -0.39 is 0 Å².